The van der Waals surface area contributed by atoms with Gasteiger partial charge in [0, 0.05) is 31.9 Å². The lowest BCUT2D eigenvalue weighted by Crippen LogP contribution is -2.38. The largest absolute Gasteiger partial charge is 0.342 e. The van der Waals surface area contributed by atoms with Crippen molar-refractivity contribution in [3.8, 4) is 11.5 Å². The van der Waals surface area contributed by atoms with Crippen LogP contribution in [0.5, 0.6) is 0 Å². The fourth-order valence-electron chi connectivity index (χ4n) is 2.97. The molecule has 1 unspecified atom stereocenters. The monoisotopic (exact) mass is 311 g/mol. The summed E-state index contributed by atoms with van der Waals surface area (Å²) < 4.78 is 7.35. The summed E-state index contributed by atoms with van der Waals surface area (Å²) in [6, 6.07) is 5.81. The van der Waals surface area contributed by atoms with E-state index in [1.807, 2.05) is 46.8 Å². The van der Waals surface area contributed by atoms with Crippen molar-refractivity contribution >= 4 is 11.6 Å². The molecule has 118 valence electrons. The Kier molecular flexibility index (Phi) is 3.33. The predicted octanol–water partition coefficient (Wildman–Crippen LogP) is 2.11. The van der Waals surface area contributed by atoms with Crippen molar-refractivity contribution in [2.45, 2.75) is 25.7 Å². The van der Waals surface area contributed by atoms with Gasteiger partial charge in [0.05, 0.1) is 5.92 Å². The van der Waals surface area contributed by atoms with Crippen molar-refractivity contribution in [2.24, 2.45) is 0 Å². The second kappa shape index (κ2) is 5.49. The van der Waals surface area contributed by atoms with Gasteiger partial charge in [-0.15, -0.1) is 0 Å². The number of amides is 1. The van der Waals surface area contributed by atoms with Gasteiger partial charge in [0.2, 0.25) is 17.6 Å². The number of likely N-dealkylation sites (N-methyl/N-ethyl adjacent to an activating group) is 1. The fraction of sp³-hybridized carbons (Fsp3) is 0.375. The molecule has 1 aliphatic rings. The molecule has 1 atom stereocenters. The number of carbonyl (C=O) groups excluding carboxylic acids is 1. The molecule has 7 nitrogen and oxygen atoms in total. The Morgan fingerprint density at radius 3 is 3.09 bits per heavy atom. The molecule has 4 rings (SSSR count). The molecular weight excluding hydrogens is 294 g/mol. The molecule has 1 aliphatic heterocycles. The van der Waals surface area contributed by atoms with Crippen molar-refractivity contribution in [1.29, 1.82) is 0 Å². The van der Waals surface area contributed by atoms with Crippen LogP contribution in [0.1, 0.15) is 31.6 Å². The molecule has 23 heavy (non-hydrogen) atoms. The summed E-state index contributed by atoms with van der Waals surface area (Å²) in [6.45, 7) is 3.33. The first-order valence-electron chi connectivity index (χ1n) is 7.80. The molecule has 0 saturated carbocycles. The molecular formula is C16H17N5O2. The van der Waals surface area contributed by atoms with Crippen molar-refractivity contribution in [3.63, 3.8) is 0 Å². The smallest absolute Gasteiger partial charge is 0.231 e. The van der Waals surface area contributed by atoms with Crippen LogP contribution in [0.3, 0.4) is 0 Å². The highest BCUT2D eigenvalue weighted by molar-refractivity contribution is 5.77. The van der Waals surface area contributed by atoms with Crippen molar-refractivity contribution < 1.29 is 9.32 Å². The van der Waals surface area contributed by atoms with Crippen LogP contribution in [-0.2, 0) is 4.79 Å². The maximum Gasteiger partial charge on any atom is 0.231 e. The summed E-state index contributed by atoms with van der Waals surface area (Å²) in [6.07, 6.45) is 5.10. The van der Waals surface area contributed by atoms with Crippen LogP contribution >= 0.6 is 0 Å². The lowest BCUT2D eigenvalue weighted by molar-refractivity contribution is -0.133. The minimum atomic E-state index is 0.103. The summed E-state index contributed by atoms with van der Waals surface area (Å²) in [7, 11) is 0. The average molecular weight is 311 g/mol. The van der Waals surface area contributed by atoms with Crippen LogP contribution in [0.15, 0.2) is 35.1 Å². The Morgan fingerprint density at radius 2 is 2.26 bits per heavy atom. The van der Waals surface area contributed by atoms with Gasteiger partial charge in [-0.05, 0) is 25.5 Å². The Bertz CT molecular complexity index is 820. The topological polar surface area (TPSA) is 76.5 Å². The highest BCUT2D eigenvalue weighted by Crippen LogP contribution is 2.27. The minimum Gasteiger partial charge on any atom is -0.342 e. The lowest BCUT2D eigenvalue weighted by Gasteiger charge is -2.29. The standard InChI is InChI=1S/C16H17N5O2/c1-2-20-9-11(6-7-14(20)22)16-18-15(19-23-16)12-10-21-8-4-3-5-13(21)17-12/h3-5,8,10-11H,2,6-7,9H2,1H3. The molecule has 1 fully saturated rings. The molecule has 0 radical (unpaired) electrons. The Balaban J connectivity index is 1.60. The first-order chi connectivity index (χ1) is 11.2. The van der Waals surface area contributed by atoms with E-state index in [1.54, 1.807) is 0 Å². The van der Waals surface area contributed by atoms with E-state index < -0.39 is 0 Å². The van der Waals surface area contributed by atoms with E-state index in [0.717, 1.165) is 12.1 Å². The summed E-state index contributed by atoms with van der Waals surface area (Å²) in [5, 5.41) is 4.06. The normalized spacial score (nSPS) is 18.7. The molecule has 0 spiro atoms. The van der Waals surface area contributed by atoms with Gasteiger partial charge < -0.3 is 13.8 Å². The fourth-order valence-corrected chi connectivity index (χ4v) is 2.97. The molecule has 7 heteroatoms. The van der Waals surface area contributed by atoms with Crippen molar-refractivity contribution in [2.75, 3.05) is 13.1 Å². The number of pyridine rings is 1. The van der Waals surface area contributed by atoms with Gasteiger partial charge in [-0.2, -0.15) is 4.98 Å². The number of carbonyl (C=O) groups is 1. The zero-order valence-electron chi connectivity index (χ0n) is 12.8. The van der Waals surface area contributed by atoms with Crippen LogP contribution < -0.4 is 0 Å². The van der Waals surface area contributed by atoms with Crippen LogP contribution in [0, 0.1) is 0 Å². The molecule has 1 saturated heterocycles. The third kappa shape index (κ3) is 2.48. The highest BCUT2D eigenvalue weighted by Gasteiger charge is 2.29. The number of piperidine rings is 1. The molecule has 3 aromatic heterocycles. The van der Waals surface area contributed by atoms with Gasteiger partial charge in [-0.25, -0.2) is 4.98 Å². The summed E-state index contributed by atoms with van der Waals surface area (Å²) in [5.74, 6) is 1.38. The van der Waals surface area contributed by atoms with Gasteiger partial charge >= 0.3 is 0 Å². The third-order valence-corrected chi connectivity index (χ3v) is 4.27. The van der Waals surface area contributed by atoms with E-state index in [-0.39, 0.29) is 11.8 Å². The molecule has 0 N–H and O–H groups in total. The number of hydrogen-bond acceptors (Lipinski definition) is 5. The molecule has 4 heterocycles. The number of hydrogen-bond donors (Lipinski definition) is 0. The summed E-state index contributed by atoms with van der Waals surface area (Å²) in [4.78, 5) is 22.6. The van der Waals surface area contributed by atoms with Crippen LogP contribution in [0.4, 0.5) is 0 Å². The van der Waals surface area contributed by atoms with E-state index in [4.69, 9.17) is 4.52 Å². The van der Waals surface area contributed by atoms with E-state index in [1.165, 1.54) is 0 Å². The highest BCUT2D eigenvalue weighted by atomic mass is 16.5. The second-order valence-electron chi connectivity index (χ2n) is 5.72. The predicted molar refractivity (Wildman–Crippen MR) is 82.7 cm³/mol. The Hall–Kier alpha value is -2.70. The minimum absolute atomic E-state index is 0.103. The van der Waals surface area contributed by atoms with Crippen molar-refractivity contribution in [3.05, 3.63) is 36.5 Å². The van der Waals surface area contributed by atoms with Gasteiger partial charge in [0.25, 0.3) is 0 Å². The number of likely N-dealkylation sites (tertiary alicyclic amines) is 1. The van der Waals surface area contributed by atoms with Crippen LogP contribution in [0.2, 0.25) is 0 Å². The van der Waals surface area contributed by atoms with Crippen LogP contribution in [-0.4, -0.2) is 43.4 Å². The SMILES string of the molecule is CCN1CC(c2nc(-c3cn4ccccc4n3)no2)CCC1=O. The number of fused-ring (bicyclic) bond motifs is 1. The first kappa shape index (κ1) is 13.9. The van der Waals surface area contributed by atoms with E-state index in [9.17, 15) is 4.79 Å². The zero-order chi connectivity index (χ0) is 15.8. The van der Waals surface area contributed by atoms with Gasteiger partial charge in [0.15, 0.2) is 0 Å². The first-order valence-corrected chi connectivity index (χ1v) is 7.80. The number of imidazole rings is 1. The van der Waals surface area contributed by atoms with E-state index in [0.29, 0.717) is 36.9 Å². The van der Waals surface area contributed by atoms with Gasteiger partial charge in [-0.1, -0.05) is 11.2 Å². The second-order valence-corrected chi connectivity index (χ2v) is 5.72. The van der Waals surface area contributed by atoms with Crippen molar-refractivity contribution in [1.82, 2.24) is 24.4 Å². The maximum absolute atomic E-state index is 11.8. The molecule has 1 amide bonds. The van der Waals surface area contributed by atoms with E-state index >= 15 is 0 Å². The molecule has 0 aromatic carbocycles. The zero-order valence-corrected chi connectivity index (χ0v) is 12.8. The number of aromatic nitrogens is 4. The molecule has 0 aliphatic carbocycles. The Labute approximate surface area is 132 Å². The Morgan fingerprint density at radius 1 is 1.35 bits per heavy atom. The summed E-state index contributed by atoms with van der Waals surface area (Å²) >= 11 is 0. The van der Waals surface area contributed by atoms with Gasteiger partial charge in [0.1, 0.15) is 11.3 Å². The molecule has 0 bridgehead atoms. The van der Waals surface area contributed by atoms with E-state index in [2.05, 4.69) is 15.1 Å². The van der Waals surface area contributed by atoms with Gasteiger partial charge in [-0.3, -0.25) is 4.79 Å². The third-order valence-electron chi connectivity index (χ3n) is 4.27. The quantitative estimate of drug-likeness (QED) is 0.740. The maximum atomic E-state index is 11.8. The average Bonchev–Trinajstić information content (AvgIpc) is 3.21. The summed E-state index contributed by atoms with van der Waals surface area (Å²) in [5.41, 5.74) is 1.53. The lowest BCUT2D eigenvalue weighted by atomic mass is 9.97. The van der Waals surface area contributed by atoms with Crippen LogP contribution in [0.25, 0.3) is 17.2 Å². The molecule has 3 aromatic rings. The number of nitrogens with zero attached hydrogens (tertiary/aromatic N) is 5. The number of rotatable bonds is 3.